The van der Waals surface area contributed by atoms with Crippen LogP contribution >= 0.6 is 0 Å². The van der Waals surface area contributed by atoms with E-state index in [0.29, 0.717) is 12.6 Å². The molecule has 0 aromatic heterocycles. The molecular weight excluding hydrogens is 198 g/mol. The SMILES string of the molecule is C[C@H](CCO)NC(C1CCCCC1)C1CC1. The lowest BCUT2D eigenvalue weighted by atomic mass is 9.81. The Hall–Kier alpha value is -0.0800. The van der Waals surface area contributed by atoms with E-state index in [-0.39, 0.29) is 0 Å². The summed E-state index contributed by atoms with van der Waals surface area (Å²) in [5, 5.41) is 12.8. The average molecular weight is 225 g/mol. The van der Waals surface area contributed by atoms with E-state index in [1.54, 1.807) is 0 Å². The molecule has 2 atom stereocenters. The van der Waals surface area contributed by atoms with Crippen LogP contribution in [-0.4, -0.2) is 23.8 Å². The standard InChI is InChI=1S/C14H27NO/c1-11(9-10-16)15-14(13-7-8-13)12-5-3-2-4-6-12/h11-16H,2-10H2,1H3/t11-,14?/m1/s1. The number of aliphatic hydroxyl groups excluding tert-OH is 1. The molecule has 0 heterocycles. The number of rotatable bonds is 6. The first-order valence-electron chi connectivity index (χ1n) is 7.18. The second-order valence-corrected chi connectivity index (χ2v) is 5.84. The highest BCUT2D eigenvalue weighted by atomic mass is 16.3. The maximum atomic E-state index is 8.97. The molecule has 2 saturated carbocycles. The molecule has 0 aliphatic heterocycles. The Morgan fingerprint density at radius 2 is 1.69 bits per heavy atom. The monoisotopic (exact) mass is 225 g/mol. The summed E-state index contributed by atoms with van der Waals surface area (Å²) in [6, 6.07) is 1.24. The van der Waals surface area contributed by atoms with Gasteiger partial charge in [-0.1, -0.05) is 19.3 Å². The Labute approximate surface area is 99.8 Å². The van der Waals surface area contributed by atoms with Gasteiger partial charge in [-0.3, -0.25) is 0 Å². The zero-order valence-corrected chi connectivity index (χ0v) is 10.6. The van der Waals surface area contributed by atoms with E-state index in [0.717, 1.165) is 24.3 Å². The quantitative estimate of drug-likeness (QED) is 0.728. The second kappa shape index (κ2) is 6.02. The van der Waals surface area contributed by atoms with Crippen LogP contribution in [-0.2, 0) is 0 Å². The minimum atomic E-state index is 0.316. The molecule has 0 radical (unpaired) electrons. The van der Waals surface area contributed by atoms with E-state index in [1.807, 2.05) is 0 Å². The van der Waals surface area contributed by atoms with Gasteiger partial charge in [0.05, 0.1) is 0 Å². The summed E-state index contributed by atoms with van der Waals surface area (Å²) in [5.41, 5.74) is 0. The molecule has 0 saturated heterocycles. The van der Waals surface area contributed by atoms with E-state index in [9.17, 15) is 0 Å². The molecule has 0 aromatic carbocycles. The second-order valence-electron chi connectivity index (χ2n) is 5.84. The van der Waals surface area contributed by atoms with Gasteiger partial charge in [0.1, 0.15) is 0 Å². The van der Waals surface area contributed by atoms with E-state index in [1.165, 1.54) is 44.9 Å². The van der Waals surface area contributed by atoms with Crippen LogP contribution in [0.5, 0.6) is 0 Å². The molecule has 94 valence electrons. The Balaban J connectivity index is 1.83. The molecule has 16 heavy (non-hydrogen) atoms. The lowest BCUT2D eigenvalue weighted by Crippen LogP contribution is -2.44. The summed E-state index contributed by atoms with van der Waals surface area (Å²) in [6.45, 7) is 2.53. The largest absolute Gasteiger partial charge is 0.396 e. The molecule has 0 aromatic rings. The number of hydrogen-bond donors (Lipinski definition) is 2. The summed E-state index contributed by atoms with van der Waals surface area (Å²) in [4.78, 5) is 0. The molecule has 2 heteroatoms. The molecule has 2 N–H and O–H groups in total. The van der Waals surface area contributed by atoms with Crippen LogP contribution in [0.3, 0.4) is 0 Å². The summed E-state index contributed by atoms with van der Waals surface area (Å²) in [6.07, 6.45) is 10.9. The predicted molar refractivity (Wildman–Crippen MR) is 67.4 cm³/mol. The van der Waals surface area contributed by atoms with Gasteiger partial charge in [-0.2, -0.15) is 0 Å². The normalized spacial score (nSPS) is 26.6. The van der Waals surface area contributed by atoms with Gasteiger partial charge in [0.2, 0.25) is 0 Å². The fourth-order valence-electron chi connectivity index (χ4n) is 3.21. The van der Waals surface area contributed by atoms with E-state index in [2.05, 4.69) is 12.2 Å². The van der Waals surface area contributed by atoms with Crippen molar-refractivity contribution in [2.45, 2.75) is 70.4 Å². The third kappa shape index (κ3) is 3.46. The highest BCUT2D eigenvalue weighted by molar-refractivity contribution is 4.92. The van der Waals surface area contributed by atoms with Crippen LogP contribution in [0.4, 0.5) is 0 Å². The molecule has 2 rings (SSSR count). The van der Waals surface area contributed by atoms with Crippen molar-refractivity contribution in [2.24, 2.45) is 11.8 Å². The van der Waals surface area contributed by atoms with Crippen molar-refractivity contribution in [3.63, 3.8) is 0 Å². The smallest absolute Gasteiger partial charge is 0.0445 e. The first-order chi connectivity index (χ1) is 7.81. The van der Waals surface area contributed by atoms with Crippen molar-refractivity contribution in [1.82, 2.24) is 5.32 Å². The zero-order chi connectivity index (χ0) is 11.4. The van der Waals surface area contributed by atoms with E-state index >= 15 is 0 Å². The average Bonchev–Trinajstić information content (AvgIpc) is 3.11. The van der Waals surface area contributed by atoms with Gasteiger partial charge in [0.25, 0.3) is 0 Å². The van der Waals surface area contributed by atoms with Gasteiger partial charge in [-0.05, 0) is 50.9 Å². The molecule has 2 aliphatic carbocycles. The fourth-order valence-corrected chi connectivity index (χ4v) is 3.21. The first-order valence-corrected chi connectivity index (χ1v) is 7.18. The van der Waals surface area contributed by atoms with Gasteiger partial charge in [-0.15, -0.1) is 0 Å². The van der Waals surface area contributed by atoms with Crippen LogP contribution in [0, 0.1) is 11.8 Å². The van der Waals surface area contributed by atoms with Crippen molar-refractivity contribution in [3.05, 3.63) is 0 Å². The van der Waals surface area contributed by atoms with Crippen LogP contribution in [0.15, 0.2) is 0 Å². The van der Waals surface area contributed by atoms with Gasteiger partial charge in [0.15, 0.2) is 0 Å². The molecule has 0 bridgehead atoms. The predicted octanol–water partition coefficient (Wildman–Crippen LogP) is 2.71. The fraction of sp³-hybridized carbons (Fsp3) is 1.00. The maximum Gasteiger partial charge on any atom is 0.0445 e. The Bertz CT molecular complexity index is 197. The Kier molecular flexibility index (Phi) is 4.66. The summed E-state index contributed by atoms with van der Waals surface area (Å²) in [5.74, 6) is 1.87. The van der Waals surface area contributed by atoms with Crippen molar-refractivity contribution >= 4 is 0 Å². The maximum absolute atomic E-state index is 8.97. The van der Waals surface area contributed by atoms with Gasteiger partial charge >= 0.3 is 0 Å². The van der Waals surface area contributed by atoms with Gasteiger partial charge in [-0.25, -0.2) is 0 Å². The summed E-state index contributed by atoms with van der Waals surface area (Å²) >= 11 is 0. The number of aliphatic hydroxyl groups is 1. The molecule has 1 unspecified atom stereocenters. The molecule has 0 amide bonds. The first kappa shape index (κ1) is 12.4. The van der Waals surface area contributed by atoms with E-state index in [4.69, 9.17) is 5.11 Å². The lowest BCUT2D eigenvalue weighted by molar-refractivity contribution is 0.212. The molecular formula is C14H27NO. The number of nitrogens with one attached hydrogen (secondary N) is 1. The minimum Gasteiger partial charge on any atom is -0.396 e. The zero-order valence-electron chi connectivity index (χ0n) is 10.6. The van der Waals surface area contributed by atoms with Crippen LogP contribution in [0.2, 0.25) is 0 Å². The van der Waals surface area contributed by atoms with Gasteiger partial charge in [0, 0.05) is 18.7 Å². The third-order valence-electron chi connectivity index (χ3n) is 4.33. The van der Waals surface area contributed by atoms with Crippen LogP contribution in [0.1, 0.15) is 58.3 Å². The van der Waals surface area contributed by atoms with Crippen molar-refractivity contribution < 1.29 is 5.11 Å². The highest BCUT2D eigenvalue weighted by Crippen LogP contribution is 2.40. The van der Waals surface area contributed by atoms with Crippen molar-refractivity contribution in [2.75, 3.05) is 6.61 Å². The molecule has 0 spiro atoms. The third-order valence-corrected chi connectivity index (χ3v) is 4.33. The topological polar surface area (TPSA) is 32.3 Å². The molecule has 2 fully saturated rings. The Morgan fingerprint density at radius 3 is 2.25 bits per heavy atom. The number of hydrogen-bond acceptors (Lipinski definition) is 2. The van der Waals surface area contributed by atoms with Gasteiger partial charge < -0.3 is 10.4 Å². The Morgan fingerprint density at radius 1 is 1.06 bits per heavy atom. The van der Waals surface area contributed by atoms with E-state index < -0.39 is 0 Å². The van der Waals surface area contributed by atoms with Crippen molar-refractivity contribution in [3.8, 4) is 0 Å². The highest BCUT2D eigenvalue weighted by Gasteiger charge is 2.37. The molecule has 2 aliphatic rings. The summed E-state index contributed by atoms with van der Waals surface area (Å²) < 4.78 is 0. The van der Waals surface area contributed by atoms with Crippen molar-refractivity contribution in [1.29, 1.82) is 0 Å². The minimum absolute atomic E-state index is 0.316. The summed E-state index contributed by atoms with van der Waals surface area (Å²) in [7, 11) is 0. The lowest BCUT2D eigenvalue weighted by Gasteiger charge is -2.33. The van der Waals surface area contributed by atoms with Crippen LogP contribution in [0.25, 0.3) is 0 Å². The molecule has 2 nitrogen and oxygen atoms in total. The van der Waals surface area contributed by atoms with Crippen LogP contribution < -0.4 is 5.32 Å².